The van der Waals surface area contributed by atoms with Crippen molar-refractivity contribution in [3.05, 3.63) is 50.9 Å². The number of nitrogens with two attached hydrogens (primary N) is 1. The number of hydrogen-bond acceptors (Lipinski definition) is 4. The molecule has 2 heterocycles. The number of hydrogen-bond donors (Lipinski definition) is 1. The largest absolute Gasteiger partial charge is 0.322 e. The van der Waals surface area contributed by atoms with E-state index in [1.165, 1.54) is 62.7 Å². The minimum absolute atomic E-state index is 0.0292. The van der Waals surface area contributed by atoms with Gasteiger partial charge in [-0.2, -0.15) is 0 Å². The fourth-order valence-corrected chi connectivity index (χ4v) is 6.02. The predicted molar refractivity (Wildman–Crippen MR) is 115 cm³/mol. The van der Waals surface area contributed by atoms with Crippen LogP contribution in [0.5, 0.6) is 0 Å². The highest BCUT2D eigenvalue weighted by Gasteiger charge is 2.38. The maximum Gasteiger partial charge on any atom is 0.110 e. The lowest BCUT2D eigenvalue weighted by atomic mass is 9.67. The molecule has 2 N–H and O–H groups in total. The van der Waals surface area contributed by atoms with E-state index in [1.807, 2.05) is 12.1 Å². The van der Waals surface area contributed by atoms with Crippen LogP contribution in [0, 0.1) is 0 Å². The Morgan fingerprint density at radius 2 is 1.96 bits per heavy atom. The van der Waals surface area contributed by atoms with E-state index in [-0.39, 0.29) is 11.5 Å². The summed E-state index contributed by atoms with van der Waals surface area (Å²) in [4.78, 5) is 7.56. The van der Waals surface area contributed by atoms with Crippen LogP contribution in [0.15, 0.2) is 29.6 Å². The van der Waals surface area contributed by atoms with Gasteiger partial charge in [0.15, 0.2) is 0 Å². The summed E-state index contributed by atoms with van der Waals surface area (Å²) in [5.41, 5.74) is 9.19. The van der Waals surface area contributed by atoms with Crippen LogP contribution in [0.2, 0.25) is 5.02 Å². The smallest absolute Gasteiger partial charge is 0.110 e. The monoisotopic (exact) mass is 403 g/mol. The Hall–Kier alpha value is -0.940. The average molecular weight is 404 g/mol. The molecule has 2 aliphatic rings. The van der Waals surface area contributed by atoms with Crippen LogP contribution >= 0.6 is 22.9 Å². The SMILES string of the molecule is CN1CCCC1CC(N)c1nc(C2(c3ccc(Cl)cc3)CCCCC2)cs1. The second-order valence-corrected chi connectivity index (χ2v) is 9.67. The molecule has 2 atom stereocenters. The number of nitrogens with zero attached hydrogens (tertiary/aromatic N) is 2. The van der Waals surface area contributed by atoms with E-state index in [2.05, 4.69) is 29.5 Å². The molecule has 2 fully saturated rings. The third kappa shape index (κ3) is 3.95. The highest BCUT2D eigenvalue weighted by molar-refractivity contribution is 7.09. The topological polar surface area (TPSA) is 42.1 Å². The first-order valence-corrected chi connectivity index (χ1v) is 11.5. The Morgan fingerprint density at radius 3 is 2.63 bits per heavy atom. The van der Waals surface area contributed by atoms with E-state index >= 15 is 0 Å². The van der Waals surface area contributed by atoms with Crippen molar-refractivity contribution in [3.63, 3.8) is 0 Å². The van der Waals surface area contributed by atoms with Crippen molar-refractivity contribution in [3.8, 4) is 0 Å². The molecule has 146 valence electrons. The van der Waals surface area contributed by atoms with Crippen molar-refractivity contribution in [2.24, 2.45) is 5.73 Å². The van der Waals surface area contributed by atoms with Crippen LogP contribution in [0.3, 0.4) is 0 Å². The Morgan fingerprint density at radius 1 is 1.22 bits per heavy atom. The Kier molecular flexibility index (Phi) is 5.89. The van der Waals surface area contributed by atoms with E-state index in [0.717, 1.165) is 16.5 Å². The van der Waals surface area contributed by atoms with Crippen molar-refractivity contribution in [2.75, 3.05) is 13.6 Å². The zero-order valence-electron chi connectivity index (χ0n) is 16.2. The molecule has 1 saturated carbocycles. The van der Waals surface area contributed by atoms with Crippen LogP contribution < -0.4 is 5.73 Å². The van der Waals surface area contributed by atoms with Gasteiger partial charge in [-0.1, -0.05) is 43.0 Å². The van der Waals surface area contributed by atoms with Gasteiger partial charge in [0.05, 0.1) is 11.7 Å². The molecule has 0 amide bonds. The fraction of sp³-hybridized carbons (Fsp3) is 0.591. The van der Waals surface area contributed by atoms with Gasteiger partial charge in [0.2, 0.25) is 0 Å². The van der Waals surface area contributed by atoms with E-state index in [0.29, 0.717) is 6.04 Å². The van der Waals surface area contributed by atoms with Gasteiger partial charge in [0, 0.05) is 21.9 Å². The predicted octanol–water partition coefficient (Wildman–Crippen LogP) is 5.53. The summed E-state index contributed by atoms with van der Waals surface area (Å²) in [5, 5.41) is 4.17. The summed E-state index contributed by atoms with van der Waals surface area (Å²) in [6.07, 6.45) is 9.73. The molecule has 4 rings (SSSR count). The summed E-state index contributed by atoms with van der Waals surface area (Å²) in [6.45, 7) is 1.19. The number of thiazole rings is 1. The van der Waals surface area contributed by atoms with Gasteiger partial charge in [-0.05, 0) is 63.4 Å². The minimum atomic E-state index is 0.0292. The number of aromatic nitrogens is 1. The summed E-state index contributed by atoms with van der Waals surface area (Å²) < 4.78 is 0. The summed E-state index contributed by atoms with van der Waals surface area (Å²) in [7, 11) is 2.22. The second-order valence-electron chi connectivity index (χ2n) is 8.34. The number of halogens is 1. The summed E-state index contributed by atoms with van der Waals surface area (Å²) in [5.74, 6) is 0. The average Bonchev–Trinajstić information content (AvgIpc) is 3.33. The zero-order chi connectivity index (χ0) is 18.9. The lowest BCUT2D eigenvalue weighted by Gasteiger charge is -2.36. The molecular weight excluding hydrogens is 374 g/mol. The van der Waals surface area contributed by atoms with E-state index in [1.54, 1.807) is 11.3 Å². The quantitative estimate of drug-likeness (QED) is 0.713. The van der Waals surface area contributed by atoms with Gasteiger partial charge in [0.1, 0.15) is 5.01 Å². The molecule has 3 nitrogen and oxygen atoms in total. The minimum Gasteiger partial charge on any atom is -0.322 e. The highest BCUT2D eigenvalue weighted by atomic mass is 35.5. The van der Waals surface area contributed by atoms with Crippen LogP contribution in [-0.4, -0.2) is 29.5 Å². The molecule has 1 saturated heterocycles. The molecule has 1 aromatic carbocycles. The summed E-state index contributed by atoms with van der Waals surface area (Å²) >= 11 is 7.90. The molecule has 5 heteroatoms. The maximum atomic E-state index is 6.59. The fourth-order valence-electron chi connectivity index (χ4n) is 4.97. The summed E-state index contributed by atoms with van der Waals surface area (Å²) in [6, 6.07) is 9.07. The lowest BCUT2D eigenvalue weighted by Crippen LogP contribution is -2.31. The van der Waals surface area contributed by atoms with Crippen molar-refractivity contribution in [1.29, 1.82) is 0 Å². The van der Waals surface area contributed by atoms with Crippen molar-refractivity contribution in [1.82, 2.24) is 9.88 Å². The van der Waals surface area contributed by atoms with Gasteiger partial charge < -0.3 is 10.6 Å². The van der Waals surface area contributed by atoms with Gasteiger partial charge >= 0.3 is 0 Å². The van der Waals surface area contributed by atoms with Crippen LogP contribution in [0.25, 0.3) is 0 Å². The van der Waals surface area contributed by atoms with Crippen LogP contribution in [-0.2, 0) is 5.41 Å². The molecule has 0 bridgehead atoms. The van der Waals surface area contributed by atoms with Crippen molar-refractivity contribution < 1.29 is 0 Å². The third-order valence-corrected chi connectivity index (χ3v) is 7.86. The van der Waals surface area contributed by atoms with E-state index in [9.17, 15) is 0 Å². The van der Waals surface area contributed by atoms with Crippen LogP contribution in [0.4, 0.5) is 0 Å². The second kappa shape index (κ2) is 8.20. The Bertz CT molecular complexity index is 751. The first-order chi connectivity index (χ1) is 13.1. The molecule has 0 radical (unpaired) electrons. The Balaban J connectivity index is 1.59. The number of rotatable bonds is 5. The zero-order valence-corrected chi connectivity index (χ0v) is 17.7. The normalized spacial score (nSPS) is 24.2. The molecule has 1 aliphatic carbocycles. The third-order valence-electron chi connectivity index (χ3n) is 6.63. The van der Waals surface area contributed by atoms with E-state index < -0.39 is 0 Å². The van der Waals surface area contributed by atoms with Crippen molar-refractivity contribution in [2.45, 2.75) is 68.9 Å². The van der Waals surface area contributed by atoms with Crippen LogP contribution in [0.1, 0.15) is 73.7 Å². The molecule has 27 heavy (non-hydrogen) atoms. The maximum absolute atomic E-state index is 6.59. The Labute approximate surface area is 171 Å². The molecule has 1 aliphatic heterocycles. The van der Waals surface area contributed by atoms with Crippen molar-refractivity contribution >= 4 is 22.9 Å². The first-order valence-electron chi connectivity index (χ1n) is 10.3. The van der Waals surface area contributed by atoms with Gasteiger partial charge in [0.25, 0.3) is 0 Å². The first kappa shape index (κ1) is 19.4. The number of benzene rings is 1. The molecule has 1 aromatic heterocycles. The van der Waals surface area contributed by atoms with Gasteiger partial charge in [-0.3, -0.25) is 0 Å². The number of likely N-dealkylation sites (tertiary alicyclic amines) is 1. The van der Waals surface area contributed by atoms with Gasteiger partial charge in [-0.15, -0.1) is 11.3 Å². The molecule has 2 unspecified atom stereocenters. The molecule has 2 aromatic rings. The highest BCUT2D eigenvalue weighted by Crippen LogP contribution is 2.45. The van der Waals surface area contributed by atoms with E-state index in [4.69, 9.17) is 22.3 Å². The molecular formula is C22H30ClN3S. The standard InChI is InChI=1S/C22H30ClN3S/c1-26-13-5-6-18(26)14-19(24)21-25-20(15-27-21)22(11-3-2-4-12-22)16-7-9-17(23)10-8-16/h7-10,15,18-19H,2-6,11-14,24H2,1H3. The lowest BCUT2D eigenvalue weighted by molar-refractivity contribution is 0.282. The van der Waals surface area contributed by atoms with Gasteiger partial charge in [-0.25, -0.2) is 4.98 Å². The molecule has 0 spiro atoms.